The van der Waals surface area contributed by atoms with E-state index in [9.17, 15) is 8.42 Å². The van der Waals surface area contributed by atoms with Gasteiger partial charge in [-0.3, -0.25) is 9.88 Å². The van der Waals surface area contributed by atoms with Gasteiger partial charge in [-0.2, -0.15) is 0 Å². The van der Waals surface area contributed by atoms with Crippen molar-refractivity contribution >= 4 is 21.2 Å². The molecule has 2 aliphatic heterocycles. The lowest BCUT2D eigenvalue weighted by atomic mass is 9.96. The van der Waals surface area contributed by atoms with Gasteiger partial charge in [0.05, 0.1) is 10.1 Å². The molecule has 0 N–H and O–H groups in total. The van der Waals surface area contributed by atoms with Crippen LogP contribution in [0.15, 0.2) is 65.1 Å². The lowest BCUT2D eigenvalue weighted by molar-refractivity contribution is 0.325. The molecule has 4 nitrogen and oxygen atoms in total. The largest absolute Gasteiger partial charge is 0.297 e. The molecule has 0 saturated carbocycles. The Morgan fingerprint density at radius 3 is 2.85 bits per heavy atom. The molecule has 0 radical (unpaired) electrons. The van der Waals surface area contributed by atoms with Crippen molar-refractivity contribution in [2.24, 2.45) is 0 Å². The summed E-state index contributed by atoms with van der Waals surface area (Å²) < 4.78 is 26.1. The Labute approximate surface area is 157 Å². The van der Waals surface area contributed by atoms with Crippen LogP contribution in [0.5, 0.6) is 0 Å². The summed E-state index contributed by atoms with van der Waals surface area (Å²) in [6.45, 7) is 2.11. The second kappa shape index (κ2) is 6.01. The van der Waals surface area contributed by atoms with E-state index < -0.39 is 9.84 Å². The van der Waals surface area contributed by atoms with Gasteiger partial charge in [0.2, 0.25) is 0 Å². The normalized spacial score (nSPS) is 23.7. The second-order valence-electron chi connectivity index (χ2n) is 6.98. The fourth-order valence-electron chi connectivity index (χ4n) is 4.20. The minimum Gasteiger partial charge on any atom is -0.297 e. The summed E-state index contributed by atoms with van der Waals surface area (Å²) in [7, 11) is -3.25. The predicted molar refractivity (Wildman–Crippen MR) is 103 cm³/mol. The van der Waals surface area contributed by atoms with Crippen LogP contribution in [0.3, 0.4) is 0 Å². The van der Waals surface area contributed by atoms with Crippen molar-refractivity contribution in [2.75, 3.05) is 13.1 Å². The van der Waals surface area contributed by atoms with Gasteiger partial charge in [-0.25, -0.2) is 8.42 Å². The summed E-state index contributed by atoms with van der Waals surface area (Å²) in [6, 6.07) is 13.9. The van der Waals surface area contributed by atoms with E-state index in [1.54, 1.807) is 17.5 Å². The molecule has 0 unspecified atom stereocenters. The Morgan fingerprint density at radius 1 is 1.15 bits per heavy atom. The van der Waals surface area contributed by atoms with Crippen LogP contribution in [0.25, 0.3) is 10.4 Å². The van der Waals surface area contributed by atoms with Crippen molar-refractivity contribution in [1.29, 1.82) is 0 Å². The Bertz CT molecular complexity index is 1050. The highest BCUT2D eigenvalue weighted by Gasteiger charge is 2.50. The molecule has 6 heteroatoms. The number of rotatable bonds is 3. The quantitative estimate of drug-likeness (QED) is 0.695. The van der Waals surface area contributed by atoms with E-state index >= 15 is 0 Å². The van der Waals surface area contributed by atoms with E-state index in [4.69, 9.17) is 0 Å². The van der Waals surface area contributed by atoms with Crippen LogP contribution in [0.1, 0.15) is 17.0 Å². The van der Waals surface area contributed by atoms with Gasteiger partial charge in [0, 0.05) is 42.8 Å². The van der Waals surface area contributed by atoms with Gasteiger partial charge in [0.1, 0.15) is 0 Å². The van der Waals surface area contributed by atoms with Crippen molar-refractivity contribution in [3.63, 3.8) is 0 Å². The Hall–Kier alpha value is -2.02. The number of benzene rings is 1. The van der Waals surface area contributed by atoms with E-state index in [0.717, 1.165) is 29.8 Å². The number of sulfone groups is 1. The molecule has 1 saturated heterocycles. The van der Waals surface area contributed by atoms with E-state index in [-0.39, 0.29) is 11.2 Å². The van der Waals surface area contributed by atoms with Gasteiger partial charge in [0.25, 0.3) is 0 Å². The highest BCUT2D eigenvalue weighted by atomic mass is 32.2. The zero-order valence-electron chi connectivity index (χ0n) is 14.1. The number of pyridine rings is 1. The minimum absolute atomic E-state index is 0.0617. The van der Waals surface area contributed by atoms with Crippen molar-refractivity contribution < 1.29 is 8.42 Å². The average Bonchev–Trinajstić information content (AvgIpc) is 3.35. The summed E-state index contributed by atoms with van der Waals surface area (Å²) in [5.41, 5.74) is 3.23. The van der Waals surface area contributed by atoms with Crippen LogP contribution in [-0.2, 0) is 16.4 Å². The third-order valence-electron chi connectivity index (χ3n) is 5.39. The highest BCUT2D eigenvalue weighted by Crippen LogP contribution is 2.46. The summed E-state index contributed by atoms with van der Waals surface area (Å²) in [5, 5.41) is 1.72. The fourth-order valence-corrected chi connectivity index (χ4v) is 7.12. The first-order valence-electron chi connectivity index (χ1n) is 8.66. The number of likely N-dealkylation sites (tertiary alicyclic amines) is 1. The van der Waals surface area contributed by atoms with Gasteiger partial charge in [-0.05, 0) is 46.3 Å². The summed E-state index contributed by atoms with van der Waals surface area (Å²) in [4.78, 5) is 8.12. The Morgan fingerprint density at radius 2 is 2.08 bits per heavy atom. The monoisotopic (exact) mass is 382 g/mol. The number of hydrogen-bond donors (Lipinski definition) is 0. The first kappa shape index (κ1) is 16.2. The topological polar surface area (TPSA) is 50.3 Å². The van der Waals surface area contributed by atoms with Gasteiger partial charge in [-0.1, -0.05) is 18.2 Å². The maximum Gasteiger partial charge on any atom is 0.183 e. The van der Waals surface area contributed by atoms with E-state index in [1.165, 1.54) is 4.88 Å². The number of fused-ring (bicyclic) bond motifs is 3. The smallest absolute Gasteiger partial charge is 0.183 e. The molecule has 132 valence electrons. The molecule has 0 bridgehead atoms. The average molecular weight is 383 g/mol. The van der Waals surface area contributed by atoms with Crippen LogP contribution in [0.2, 0.25) is 0 Å². The molecule has 2 atom stereocenters. The molecule has 4 heterocycles. The van der Waals surface area contributed by atoms with Crippen molar-refractivity contribution in [3.8, 4) is 10.4 Å². The van der Waals surface area contributed by atoms with Crippen LogP contribution in [-0.4, -0.2) is 36.6 Å². The Kier molecular flexibility index (Phi) is 3.74. The molecule has 1 aromatic carbocycles. The molecule has 1 fully saturated rings. The van der Waals surface area contributed by atoms with E-state index in [0.29, 0.717) is 11.4 Å². The summed E-state index contributed by atoms with van der Waals surface area (Å²) in [6.07, 6.45) is 3.61. The van der Waals surface area contributed by atoms with Gasteiger partial charge in [0.15, 0.2) is 9.84 Å². The van der Waals surface area contributed by atoms with Crippen molar-refractivity contribution in [1.82, 2.24) is 9.88 Å². The summed E-state index contributed by atoms with van der Waals surface area (Å²) >= 11 is 1.68. The van der Waals surface area contributed by atoms with Gasteiger partial charge in [-0.15, -0.1) is 11.3 Å². The molecule has 2 aromatic heterocycles. The number of nitrogens with zero attached hydrogens (tertiary/aromatic N) is 2. The van der Waals surface area contributed by atoms with Crippen LogP contribution in [0.4, 0.5) is 0 Å². The number of aromatic nitrogens is 1. The first-order valence-corrected chi connectivity index (χ1v) is 11.1. The molecule has 2 aliphatic rings. The molecule has 0 amide bonds. The fraction of sp³-hybridized carbons (Fsp3) is 0.250. The van der Waals surface area contributed by atoms with E-state index in [1.807, 2.05) is 41.9 Å². The third-order valence-corrected chi connectivity index (χ3v) is 8.57. The molecule has 0 aliphatic carbocycles. The van der Waals surface area contributed by atoms with Crippen LogP contribution < -0.4 is 0 Å². The molecular formula is C20H18N2O2S2. The van der Waals surface area contributed by atoms with Gasteiger partial charge < -0.3 is 0 Å². The maximum atomic E-state index is 13.0. The molecule has 0 spiro atoms. The zero-order chi connectivity index (χ0) is 17.7. The second-order valence-corrected chi connectivity index (χ2v) is 10.1. The minimum atomic E-state index is -3.25. The third kappa shape index (κ3) is 2.52. The van der Waals surface area contributed by atoms with Crippen molar-refractivity contribution in [3.05, 3.63) is 71.4 Å². The van der Waals surface area contributed by atoms with E-state index in [2.05, 4.69) is 22.0 Å². The standard InChI is InChI=1S/C20H18N2O2S2/c23-26(24)19-6-5-15(18-4-2-8-25-18)9-16(19)17-12-22(13-20(17)26)11-14-3-1-7-21-10-14/h1-10,17,20H,11-13H2/t17-,20+/m0/s1. The number of hydrogen-bond acceptors (Lipinski definition) is 5. The molecule has 5 rings (SSSR count). The summed E-state index contributed by atoms with van der Waals surface area (Å²) in [5.74, 6) is 0.0617. The SMILES string of the molecule is O=S1(=O)c2ccc(-c3cccs3)cc2[C@@H]2CN(Cc3cccnc3)C[C@H]21. The maximum absolute atomic E-state index is 13.0. The Balaban J connectivity index is 1.49. The van der Waals surface area contributed by atoms with Crippen LogP contribution in [0, 0.1) is 0 Å². The predicted octanol–water partition coefficient (Wildman–Crippen LogP) is 3.57. The molecular weight excluding hydrogens is 364 g/mol. The molecule has 3 aromatic rings. The molecule has 26 heavy (non-hydrogen) atoms. The van der Waals surface area contributed by atoms with Crippen LogP contribution >= 0.6 is 11.3 Å². The lowest BCUT2D eigenvalue weighted by Crippen LogP contribution is -2.25. The van der Waals surface area contributed by atoms with Gasteiger partial charge >= 0.3 is 0 Å². The number of thiophene rings is 1. The zero-order valence-corrected chi connectivity index (χ0v) is 15.7. The van der Waals surface area contributed by atoms with Crippen molar-refractivity contribution in [2.45, 2.75) is 22.6 Å². The highest BCUT2D eigenvalue weighted by molar-refractivity contribution is 7.92. The first-order chi connectivity index (χ1) is 12.6. The lowest BCUT2D eigenvalue weighted by Gasteiger charge is -2.17.